The molecule has 212 valence electrons. The van der Waals surface area contributed by atoms with Crippen molar-refractivity contribution in [3.8, 4) is 0 Å². The predicted octanol–water partition coefficient (Wildman–Crippen LogP) is 2.72. The van der Waals surface area contributed by atoms with Crippen LogP contribution in [0.3, 0.4) is 0 Å². The van der Waals surface area contributed by atoms with E-state index in [4.69, 9.17) is 4.74 Å². The van der Waals surface area contributed by atoms with Crippen LogP contribution in [0.5, 0.6) is 0 Å². The summed E-state index contributed by atoms with van der Waals surface area (Å²) in [6.45, 7) is 8.94. The highest BCUT2D eigenvalue weighted by Crippen LogP contribution is 2.37. The standard InChI is InChI=1S/C28H39N5O6/c1-28(2,3)18-16-32(27(37)38)15-12-22(18)39-17-10-13-31(14-11-17)19-6-5-7-20-24(19)30(4)26(36)33(20)21-8-9-23(34)29-25(21)35/h5-7,17-18,21-22H,8-16H2,1-4H3,(H,37,38)(H,29,34,35). The molecule has 1 aromatic carbocycles. The summed E-state index contributed by atoms with van der Waals surface area (Å²) in [4.78, 5) is 52.9. The number of aromatic nitrogens is 2. The molecule has 3 aliphatic heterocycles. The molecular weight excluding hydrogens is 502 g/mol. The van der Waals surface area contributed by atoms with Gasteiger partial charge in [0.05, 0.1) is 28.9 Å². The minimum atomic E-state index is -0.869. The van der Waals surface area contributed by atoms with Crippen molar-refractivity contribution in [2.24, 2.45) is 18.4 Å². The number of aryl methyl sites for hydroxylation is 1. The molecule has 11 nitrogen and oxygen atoms in total. The van der Waals surface area contributed by atoms with E-state index in [0.717, 1.165) is 37.1 Å². The number of fused-ring (bicyclic) bond motifs is 1. The van der Waals surface area contributed by atoms with Crippen LogP contribution in [-0.2, 0) is 21.4 Å². The molecule has 0 radical (unpaired) electrons. The molecule has 1 aromatic heterocycles. The largest absolute Gasteiger partial charge is 0.465 e. The highest BCUT2D eigenvalue weighted by atomic mass is 16.5. The van der Waals surface area contributed by atoms with E-state index in [1.807, 2.05) is 18.2 Å². The van der Waals surface area contributed by atoms with Crippen LogP contribution >= 0.6 is 0 Å². The summed E-state index contributed by atoms with van der Waals surface area (Å²) in [6.07, 6.45) is 2.10. The number of hydrogen-bond acceptors (Lipinski definition) is 6. The average Bonchev–Trinajstić information content (AvgIpc) is 3.14. The number of carbonyl (C=O) groups is 3. The van der Waals surface area contributed by atoms with Crippen LogP contribution in [0.1, 0.15) is 58.9 Å². The molecule has 0 bridgehead atoms. The zero-order chi connectivity index (χ0) is 28.1. The van der Waals surface area contributed by atoms with Crippen LogP contribution in [0.25, 0.3) is 11.0 Å². The molecule has 3 atom stereocenters. The molecule has 39 heavy (non-hydrogen) atoms. The Morgan fingerprint density at radius 3 is 2.41 bits per heavy atom. The highest BCUT2D eigenvalue weighted by molar-refractivity contribution is 6.00. The SMILES string of the molecule is Cn1c(=O)n(C2CCC(=O)NC2=O)c2cccc(N3CCC(OC4CCN(C(=O)O)CC4C(C)(C)C)CC3)c21. The van der Waals surface area contributed by atoms with E-state index in [2.05, 4.69) is 31.0 Å². The normalized spacial score (nSPS) is 25.3. The van der Waals surface area contributed by atoms with Gasteiger partial charge < -0.3 is 19.6 Å². The van der Waals surface area contributed by atoms with E-state index >= 15 is 0 Å². The third kappa shape index (κ3) is 5.16. The van der Waals surface area contributed by atoms with E-state index < -0.39 is 18.0 Å². The van der Waals surface area contributed by atoms with Gasteiger partial charge in [0.2, 0.25) is 11.8 Å². The fourth-order valence-electron chi connectivity index (χ4n) is 6.48. The number of benzene rings is 1. The molecule has 2 aromatic rings. The lowest BCUT2D eigenvalue weighted by molar-refractivity contribution is -0.135. The Labute approximate surface area is 227 Å². The lowest BCUT2D eigenvalue weighted by Gasteiger charge is -2.45. The maximum absolute atomic E-state index is 13.3. The Morgan fingerprint density at radius 1 is 1.05 bits per heavy atom. The molecule has 3 amide bonds. The van der Waals surface area contributed by atoms with Crippen molar-refractivity contribution in [2.45, 2.75) is 71.1 Å². The molecule has 0 spiro atoms. The monoisotopic (exact) mass is 541 g/mol. The lowest BCUT2D eigenvalue weighted by Crippen LogP contribution is -2.52. The Kier molecular flexibility index (Phi) is 7.21. The molecule has 3 fully saturated rings. The third-order valence-electron chi connectivity index (χ3n) is 8.69. The van der Waals surface area contributed by atoms with Crippen molar-refractivity contribution < 1.29 is 24.2 Å². The number of anilines is 1. The molecule has 3 saturated heterocycles. The number of nitrogens with zero attached hydrogens (tertiary/aromatic N) is 4. The van der Waals surface area contributed by atoms with E-state index in [1.165, 1.54) is 9.47 Å². The summed E-state index contributed by atoms with van der Waals surface area (Å²) in [5.41, 5.74) is 2.06. The van der Waals surface area contributed by atoms with Gasteiger partial charge in [0.1, 0.15) is 6.04 Å². The number of amides is 3. The second-order valence-electron chi connectivity index (χ2n) is 12.2. The van der Waals surface area contributed by atoms with Gasteiger partial charge in [0.15, 0.2) is 0 Å². The topological polar surface area (TPSA) is 126 Å². The van der Waals surface area contributed by atoms with Gasteiger partial charge in [0.25, 0.3) is 0 Å². The first-order valence-corrected chi connectivity index (χ1v) is 13.9. The first-order valence-electron chi connectivity index (χ1n) is 13.9. The zero-order valence-corrected chi connectivity index (χ0v) is 23.2. The lowest BCUT2D eigenvalue weighted by atomic mass is 9.74. The summed E-state index contributed by atoms with van der Waals surface area (Å²) >= 11 is 0. The Balaban J connectivity index is 1.32. The van der Waals surface area contributed by atoms with E-state index in [0.29, 0.717) is 31.4 Å². The maximum atomic E-state index is 13.3. The van der Waals surface area contributed by atoms with Gasteiger partial charge in [0, 0.05) is 45.6 Å². The smallest absolute Gasteiger partial charge is 0.407 e. The van der Waals surface area contributed by atoms with Crippen molar-refractivity contribution >= 4 is 34.6 Å². The summed E-state index contributed by atoms with van der Waals surface area (Å²) in [7, 11) is 1.72. The molecule has 3 aliphatic rings. The van der Waals surface area contributed by atoms with Gasteiger partial charge in [-0.3, -0.25) is 24.0 Å². The van der Waals surface area contributed by atoms with Crippen LogP contribution in [0.15, 0.2) is 23.0 Å². The van der Waals surface area contributed by atoms with Crippen molar-refractivity contribution in [1.82, 2.24) is 19.4 Å². The number of carboxylic acid groups (broad SMARTS) is 1. The fraction of sp³-hybridized carbons (Fsp3) is 0.643. The van der Waals surface area contributed by atoms with Crippen LogP contribution in [-0.4, -0.2) is 75.4 Å². The van der Waals surface area contributed by atoms with Crippen molar-refractivity contribution in [1.29, 1.82) is 0 Å². The molecule has 0 saturated carbocycles. The molecule has 11 heteroatoms. The maximum Gasteiger partial charge on any atom is 0.407 e. The number of imidazole rings is 1. The van der Waals surface area contributed by atoms with Crippen LogP contribution in [0.4, 0.5) is 10.5 Å². The molecule has 4 heterocycles. The number of nitrogens with one attached hydrogen (secondary N) is 1. The molecular formula is C28H39N5O6. The number of hydrogen-bond donors (Lipinski definition) is 2. The minimum absolute atomic E-state index is 0.0176. The Morgan fingerprint density at radius 2 is 1.77 bits per heavy atom. The number of likely N-dealkylation sites (tertiary alicyclic amines) is 1. The van der Waals surface area contributed by atoms with Gasteiger partial charge in [-0.25, -0.2) is 9.59 Å². The number of ether oxygens (including phenoxy) is 1. The Bertz CT molecular complexity index is 1330. The van der Waals surface area contributed by atoms with Gasteiger partial charge in [-0.05, 0) is 43.2 Å². The molecule has 2 N–H and O–H groups in total. The predicted molar refractivity (Wildman–Crippen MR) is 146 cm³/mol. The highest BCUT2D eigenvalue weighted by Gasteiger charge is 2.40. The summed E-state index contributed by atoms with van der Waals surface area (Å²) in [5, 5.41) is 11.9. The second kappa shape index (κ2) is 10.3. The van der Waals surface area contributed by atoms with Crippen LogP contribution in [0.2, 0.25) is 0 Å². The van der Waals surface area contributed by atoms with Crippen molar-refractivity contribution in [2.75, 3.05) is 31.1 Å². The van der Waals surface area contributed by atoms with E-state index in [-0.39, 0.29) is 41.6 Å². The first-order chi connectivity index (χ1) is 18.5. The number of imide groups is 1. The fourth-order valence-corrected chi connectivity index (χ4v) is 6.48. The average molecular weight is 542 g/mol. The van der Waals surface area contributed by atoms with E-state index in [9.17, 15) is 24.3 Å². The molecule has 0 aliphatic carbocycles. The number of carbonyl (C=O) groups excluding carboxylic acids is 2. The van der Waals surface area contributed by atoms with Gasteiger partial charge in [-0.1, -0.05) is 26.8 Å². The minimum Gasteiger partial charge on any atom is -0.465 e. The molecule has 5 rings (SSSR count). The summed E-state index contributed by atoms with van der Waals surface area (Å²) in [5.74, 6) is -0.626. The number of rotatable bonds is 4. The van der Waals surface area contributed by atoms with Crippen LogP contribution < -0.4 is 15.9 Å². The van der Waals surface area contributed by atoms with Crippen LogP contribution in [0, 0.1) is 11.3 Å². The van der Waals surface area contributed by atoms with Gasteiger partial charge in [-0.2, -0.15) is 0 Å². The number of piperidine rings is 3. The van der Waals surface area contributed by atoms with Gasteiger partial charge in [-0.15, -0.1) is 0 Å². The summed E-state index contributed by atoms with van der Waals surface area (Å²) < 4.78 is 9.76. The summed E-state index contributed by atoms with van der Waals surface area (Å²) in [6, 6.07) is 5.06. The molecule has 3 unspecified atom stereocenters. The van der Waals surface area contributed by atoms with E-state index in [1.54, 1.807) is 11.6 Å². The second-order valence-corrected chi connectivity index (χ2v) is 12.2. The first kappa shape index (κ1) is 27.2. The van der Waals surface area contributed by atoms with Gasteiger partial charge >= 0.3 is 11.8 Å². The Hall–Kier alpha value is -3.34. The van der Waals surface area contributed by atoms with Crippen molar-refractivity contribution in [3.05, 3.63) is 28.7 Å². The third-order valence-corrected chi connectivity index (χ3v) is 8.69. The zero-order valence-electron chi connectivity index (χ0n) is 23.2. The quantitative estimate of drug-likeness (QED) is 0.570. The van der Waals surface area contributed by atoms with Crippen molar-refractivity contribution in [3.63, 3.8) is 0 Å². The number of para-hydroxylation sites is 1.